The van der Waals surface area contributed by atoms with Crippen molar-refractivity contribution in [2.45, 2.75) is 12.8 Å². The van der Waals surface area contributed by atoms with Crippen molar-refractivity contribution >= 4 is 17.0 Å². The van der Waals surface area contributed by atoms with Gasteiger partial charge in [-0.2, -0.15) is 0 Å². The Balaban J connectivity index is 1.37. The lowest BCUT2D eigenvalue weighted by Crippen LogP contribution is -2.41. The zero-order valence-corrected chi connectivity index (χ0v) is 16.0. The maximum absolute atomic E-state index is 5.75. The fraction of sp³-hybridized carbons (Fsp3) is 0.333. The second-order valence-corrected chi connectivity index (χ2v) is 6.36. The van der Waals surface area contributed by atoms with E-state index in [2.05, 4.69) is 31.2 Å². The van der Waals surface area contributed by atoms with Crippen molar-refractivity contribution in [3.63, 3.8) is 0 Å². The highest BCUT2D eigenvalue weighted by atomic mass is 16.5. The minimum absolute atomic E-state index is 0.611. The number of fused-ring (bicyclic) bond motifs is 1. The van der Waals surface area contributed by atoms with Crippen molar-refractivity contribution in [2.75, 3.05) is 33.8 Å². The molecule has 2 aromatic carbocycles. The molecule has 6 nitrogen and oxygen atoms in total. The highest BCUT2D eigenvalue weighted by Gasteiger charge is 2.06. The molecule has 0 bridgehead atoms. The summed E-state index contributed by atoms with van der Waals surface area (Å²) in [6.07, 6.45) is 1.88. The first-order valence-corrected chi connectivity index (χ1v) is 9.29. The lowest BCUT2D eigenvalue weighted by Gasteiger charge is -2.22. The third kappa shape index (κ3) is 5.48. The molecule has 0 saturated heterocycles. The smallest absolute Gasteiger partial charge is 0.193 e. The molecule has 1 heterocycles. The zero-order chi connectivity index (χ0) is 18.9. The van der Waals surface area contributed by atoms with Gasteiger partial charge < -0.3 is 19.9 Å². The van der Waals surface area contributed by atoms with Gasteiger partial charge >= 0.3 is 0 Å². The first-order valence-electron chi connectivity index (χ1n) is 9.29. The van der Waals surface area contributed by atoms with E-state index >= 15 is 0 Å². The quantitative estimate of drug-likeness (QED) is 0.366. The highest BCUT2D eigenvalue weighted by Crippen LogP contribution is 2.11. The van der Waals surface area contributed by atoms with E-state index in [4.69, 9.17) is 4.74 Å². The third-order valence-electron chi connectivity index (χ3n) is 4.32. The van der Waals surface area contributed by atoms with Gasteiger partial charge in [-0.1, -0.05) is 30.3 Å². The predicted octanol–water partition coefficient (Wildman–Crippen LogP) is 3.08. The number of rotatable bonds is 8. The van der Waals surface area contributed by atoms with Gasteiger partial charge in [0.2, 0.25) is 0 Å². The van der Waals surface area contributed by atoms with E-state index in [-0.39, 0.29) is 0 Å². The summed E-state index contributed by atoms with van der Waals surface area (Å²) in [4.78, 5) is 14.4. The molecule has 0 aliphatic heterocycles. The van der Waals surface area contributed by atoms with Crippen LogP contribution >= 0.6 is 0 Å². The van der Waals surface area contributed by atoms with Crippen molar-refractivity contribution < 1.29 is 4.74 Å². The lowest BCUT2D eigenvalue weighted by molar-refractivity contribution is 0.281. The Hall–Kier alpha value is -3.02. The molecule has 0 atom stereocenters. The Morgan fingerprint density at radius 2 is 1.93 bits per heavy atom. The number of nitrogens with one attached hydrogen (secondary N) is 2. The molecule has 0 radical (unpaired) electrons. The average molecular weight is 365 g/mol. The second kappa shape index (κ2) is 9.62. The normalized spacial score (nSPS) is 11.6. The molecule has 0 saturated carbocycles. The molecule has 142 valence electrons. The summed E-state index contributed by atoms with van der Waals surface area (Å²) >= 11 is 0. The molecule has 0 aliphatic carbocycles. The topological polar surface area (TPSA) is 65.5 Å². The minimum Gasteiger partial charge on any atom is -0.492 e. The number of aliphatic imine (C=N–C) groups is 1. The molecule has 3 rings (SSSR count). The number of ether oxygens (including phenoxy) is 1. The van der Waals surface area contributed by atoms with Crippen molar-refractivity contribution in [2.24, 2.45) is 4.99 Å². The summed E-state index contributed by atoms with van der Waals surface area (Å²) in [5.74, 6) is 2.79. The summed E-state index contributed by atoms with van der Waals surface area (Å²) < 4.78 is 5.75. The SMILES string of the molecule is CN=C(NCCCc1nc2ccccc2[nH]1)N(C)CCOc1ccccc1. The molecule has 0 unspecified atom stereocenters. The number of benzene rings is 2. The minimum atomic E-state index is 0.611. The molecule has 0 amide bonds. The summed E-state index contributed by atoms with van der Waals surface area (Å²) in [5.41, 5.74) is 2.11. The number of hydrogen-bond acceptors (Lipinski definition) is 3. The van der Waals surface area contributed by atoms with Crippen molar-refractivity contribution in [3.8, 4) is 5.75 Å². The van der Waals surface area contributed by atoms with Crippen LogP contribution in [-0.2, 0) is 6.42 Å². The van der Waals surface area contributed by atoms with Gasteiger partial charge in [-0.05, 0) is 30.7 Å². The van der Waals surface area contributed by atoms with E-state index < -0.39 is 0 Å². The van der Waals surface area contributed by atoms with Crippen molar-refractivity contribution in [1.29, 1.82) is 0 Å². The number of guanidine groups is 1. The molecular weight excluding hydrogens is 338 g/mol. The van der Waals surface area contributed by atoms with Crippen LogP contribution in [0.4, 0.5) is 0 Å². The van der Waals surface area contributed by atoms with E-state index in [1.807, 2.05) is 55.6 Å². The third-order valence-corrected chi connectivity index (χ3v) is 4.32. The van der Waals surface area contributed by atoms with Crippen LogP contribution in [0, 0.1) is 0 Å². The number of aromatic amines is 1. The van der Waals surface area contributed by atoms with Gasteiger partial charge in [-0.15, -0.1) is 0 Å². The van der Waals surface area contributed by atoms with E-state index in [0.29, 0.717) is 6.61 Å². The van der Waals surface area contributed by atoms with Gasteiger partial charge in [-0.25, -0.2) is 4.98 Å². The Morgan fingerprint density at radius 3 is 2.70 bits per heavy atom. The zero-order valence-electron chi connectivity index (χ0n) is 16.0. The average Bonchev–Trinajstić information content (AvgIpc) is 3.11. The van der Waals surface area contributed by atoms with Crippen LogP contribution in [0.25, 0.3) is 11.0 Å². The molecule has 6 heteroatoms. The van der Waals surface area contributed by atoms with Crippen LogP contribution in [-0.4, -0.2) is 54.6 Å². The number of para-hydroxylation sites is 3. The maximum atomic E-state index is 5.75. The molecule has 0 aliphatic rings. The molecule has 27 heavy (non-hydrogen) atoms. The Kier molecular flexibility index (Phi) is 6.68. The van der Waals surface area contributed by atoms with E-state index in [1.165, 1.54) is 0 Å². The number of imidazole rings is 1. The molecule has 0 fully saturated rings. The van der Waals surface area contributed by atoms with Crippen LogP contribution in [0.3, 0.4) is 0 Å². The molecule has 1 aromatic heterocycles. The van der Waals surface area contributed by atoms with Gasteiger partial charge in [0.05, 0.1) is 17.6 Å². The number of likely N-dealkylation sites (N-methyl/N-ethyl adjacent to an activating group) is 1. The van der Waals surface area contributed by atoms with Crippen LogP contribution in [0.2, 0.25) is 0 Å². The maximum Gasteiger partial charge on any atom is 0.193 e. The van der Waals surface area contributed by atoms with Crippen LogP contribution in [0.5, 0.6) is 5.75 Å². The molecular formula is C21H27N5O. The lowest BCUT2D eigenvalue weighted by atomic mass is 10.3. The molecule has 2 N–H and O–H groups in total. The van der Waals surface area contributed by atoms with Crippen LogP contribution < -0.4 is 10.1 Å². The Bertz CT molecular complexity index is 826. The Morgan fingerprint density at radius 1 is 1.15 bits per heavy atom. The van der Waals surface area contributed by atoms with Gasteiger partial charge in [0, 0.05) is 27.1 Å². The van der Waals surface area contributed by atoms with Crippen LogP contribution in [0.1, 0.15) is 12.2 Å². The number of H-pyrrole nitrogens is 1. The summed E-state index contributed by atoms with van der Waals surface area (Å²) in [5, 5.41) is 3.40. The number of hydrogen-bond donors (Lipinski definition) is 2. The predicted molar refractivity (Wildman–Crippen MR) is 110 cm³/mol. The second-order valence-electron chi connectivity index (χ2n) is 6.36. The monoisotopic (exact) mass is 365 g/mol. The first kappa shape index (κ1) is 18.8. The van der Waals surface area contributed by atoms with Crippen molar-refractivity contribution in [1.82, 2.24) is 20.2 Å². The number of nitrogens with zero attached hydrogens (tertiary/aromatic N) is 3. The largest absolute Gasteiger partial charge is 0.492 e. The van der Waals surface area contributed by atoms with E-state index in [1.54, 1.807) is 7.05 Å². The van der Waals surface area contributed by atoms with Gasteiger partial charge in [0.25, 0.3) is 0 Å². The fourth-order valence-corrected chi connectivity index (χ4v) is 2.89. The number of aromatic nitrogens is 2. The van der Waals surface area contributed by atoms with Gasteiger partial charge in [0.1, 0.15) is 18.2 Å². The molecule has 0 spiro atoms. The standard InChI is InChI=1S/C21H27N5O/c1-22-21(26(2)15-16-27-17-9-4-3-5-10-17)23-14-8-13-20-24-18-11-6-7-12-19(18)25-20/h3-7,9-12H,8,13-16H2,1-2H3,(H,22,23)(H,24,25). The van der Waals surface area contributed by atoms with E-state index in [0.717, 1.165) is 54.5 Å². The Labute approximate surface area is 160 Å². The number of aryl methyl sites for hydroxylation is 1. The van der Waals surface area contributed by atoms with Crippen LogP contribution in [0.15, 0.2) is 59.6 Å². The van der Waals surface area contributed by atoms with Gasteiger partial charge in [-0.3, -0.25) is 4.99 Å². The van der Waals surface area contributed by atoms with E-state index in [9.17, 15) is 0 Å². The fourth-order valence-electron chi connectivity index (χ4n) is 2.89. The summed E-state index contributed by atoms with van der Waals surface area (Å²) in [6, 6.07) is 18.0. The first-order chi connectivity index (χ1) is 13.3. The van der Waals surface area contributed by atoms with Gasteiger partial charge in [0.15, 0.2) is 5.96 Å². The summed E-state index contributed by atoms with van der Waals surface area (Å²) in [6.45, 7) is 2.21. The molecule has 3 aromatic rings. The van der Waals surface area contributed by atoms with Crippen molar-refractivity contribution in [3.05, 3.63) is 60.4 Å². The highest BCUT2D eigenvalue weighted by molar-refractivity contribution is 5.79. The summed E-state index contributed by atoms with van der Waals surface area (Å²) in [7, 11) is 3.82.